The number of fused-ring (bicyclic) bond motifs is 1. The zero-order chi connectivity index (χ0) is 18.7. The van der Waals surface area contributed by atoms with E-state index in [1.54, 1.807) is 6.07 Å². The molecular weight excluding hydrogens is 364 g/mol. The quantitative estimate of drug-likeness (QED) is 0.626. The summed E-state index contributed by atoms with van der Waals surface area (Å²) in [6.45, 7) is 0.988. The lowest BCUT2D eigenvalue weighted by atomic mass is 10.3. The van der Waals surface area contributed by atoms with Crippen LogP contribution in [0.3, 0.4) is 0 Å². The summed E-state index contributed by atoms with van der Waals surface area (Å²) in [6.07, 6.45) is 0.727. The van der Waals surface area contributed by atoms with Crippen LogP contribution >= 0.6 is 0 Å². The Morgan fingerprint density at radius 3 is 2.54 bits per heavy atom. The average molecular weight is 380 g/mol. The highest BCUT2D eigenvalue weighted by Gasteiger charge is 2.22. The van der Waals surface area contributed by atoms with Crippen molar-refractivity contribution in [2.24, 2.45) is 0 Å². The molecule has 0 aliphatic carbocycles. The van der Waals surface area contributed by atoms with Gasteiger partial charge in [-0.05, 0) is 24.3 Å². The number of hydrogen-bond acceptors (Lipinski definition) is 7. The van der Waals surface area contributed by atoms with Crippen molar-refractivity contribution >= 4 is 21.4 Å². The van der Waals surface area contributed by atoms with Crippen molar-refractivity contribution in [1.82, 2.24) is 0 Å². The molecule has 0 radical (unpaired) electrons. The van der Waals surface area contributed by atoms with E-state index in [9.17, 15) is 18.5 Å². The van der Waals surface area contributed by atoms with Gasteiger partial charge >= 0.3 is 5.69 Å². The molecule has 1 aliphatic heterocycles. The van der Waals surface area contributed by atoms with E-state index in [0.717, 1.165) is 12.5 Å². The van der Waals surface area contributed by atoms with E-state index in [1.807, 2.05) is 0 Å². The van der Waals surface area contributed by atoms with E-state index in [2.05, 4.69) is 4.72 Å². The highest BCUT2D eigenvalue weighted by Crippen LogP contribution is 2.34. The fraction of sp³-hybridized carbons (Fsp3) is 0.250. The van der Waals surface area contributed by atoms with Crippen molar-refractivity contribution in [3.8, 4) is 17.2 Å². The minimum absolute atomic E-state index is 0.0236. The Labute approximate surface area is 149 Å². The fourth-order valence-corrected chi connectivity index (χ4v) is 3.49. The summed E-state index contributed by atoms with van der Waals surface area (Å²) in [5, 5.41) is 11.1. The second-order valence-corrected chi connectivity index (χ2v) is 7.09. The van der Waals surface area contributed by atoms with Crippen molar-refractivity contribution in [3.63, 3.8) is 0 Å². The van der Waals surface area contributed by atoms with Gasteiger partial charge in [-0.3, -0.25) is 14.8 Å². The molecule has 0 saturated heterocycles. The first-order valence-corrected chi connectivity index (χ1v) is 9.14. The lowest BCUT2D eigenvalue weighted by molar-refractivity contribution is -0.386. The molecule has 0 fully saturated rings. The lowest BCUT2D eigenvalue weighted by Crippen LogP contribution is -2.13. The van der Waals surface area contributed by atoms with Crippen molar-refractivity contribution < 1.29 is 27.6 Å². The number of hydrogen-bond donors (Lipinski definition) is 1. The molecule has 0 bridgehead atoms. The first-order chi connectivity index (χ1) is 12.4. The summed E-state index contributed by atoms with van der Waals surface area (Å²) in [6, 6.07) is 8.07. The van der Waals surface area contributed by atoms with E-state index in [-0.39, 0.29) is 16.3 Å². The second kappa shape index (κ2) is 7.08. The molecule has 1 aliphatic rings. The highest BCUT2D eigenvalue weighted by molar-refractivity contribution is 7.92. The summed E-state index contributed by atoms with van der Waals surface area (Å²) in [7, 11) is -2.77. The number of rotatable bonds is 5. The van der Waals surface area contributed by atoms with Crippen molar-refractivity contribution in [3.05, 3.63) is 46.5 Å². The molecule has 0 amide bonds. The van der Waals surface area contributed by atoms with Crippen LogP contribution in [0.4, 0.5) is 11.4 Å². The van der Waals surface area contributed by atoms with Crippen LogP contribution in [0.5, 0.6) is 17.2 Å². The molecule has 138 valence electrons. The standard InChI is InChI=1S/C16H16N2O7S/c1-23-14-6-4-12(10-13(14)18(19)20)26(21,22)17-11-3-5-15-16(9-11)25-8-2-7-24-15/h3-6,9-10,17H,2,7-8H2,1H3. The minimum atomic E-state index is -4.04. The third-order valence-corrected chi connectivity index (χ3v) is 5.04. The van der Waals surface area contributed by atoms with Crippen LogP contribution in [-0.2, 0) is 10.0 Å². The van der Waals surface area contributed by atoms with Gasteiger partial charge in [-0.15, -0.1) is 0 Å². The predicted molar refractivity (Wildman–Crippen MR) is 92.5 cm³/mol. The Morgan fingerprint density at radius 2 is 1.85 bits per heavy atom. The number of nitro groups is 1. The van der Waals surface area contributed by atoms with Gasteiger partial charge in [-0.1, -0.05) is 0 Å². The summed E-state index contributed by atoms with van der Waals surface area (Å²) < 4.78 is 43.4. The average Bonchev–Trinajstić information content (AvgIpc) is 2.85. The molecule has 0 saturated carbocycles. The molecule has 2 aromatic carbocycles. The van der Waals surface area contributed by atoms with Gasteiger partial charge in [-0.2, -0.15) is 0 Å². The third kappa shape index (κ3) is 3.64. The first kappa shape index (κ1) is 17.8. The first-order valence-electron chi connectivity index (χ1n) is 7.65. The van der Waals surface area contributed by atoms with Crippen LogP contribution in [0, 0.1) is 10.1 Å². The maximum Gasteiger partial charge on any atom is 0.312 e. The number of sulfonamides is 1. The smallest absolute Gasteiger partial charge is 0.312 e. The summed E-state index contributed by atoms with van der Waals surface area (Å²) >= 11 is 0. The van der Waals surface area contributed by atoms with Gasteiger partial charge in [0.05, 0.1) is 35.8 Å². The number of ether oxygens (including phenoxy) is 3. The topological polar surface area (TPSA) is 117 Å². The van der Waals surface area contributed by atoms with Gasteiger partial charge in [0.15, 0.2) is 17.2 Å². The van der Waals surface area contributed by atoms with Crippen LogP contribution in [0.2, 0.25) is 0 Å². The minimum Gasteiger partial charge on any atom is -0.490 e. The molecule has 2 aromatic rings. The molecule has 0 unspecified atom stereocenters. The van der Waals surface area contributed by atoms with Crippen LogP contribution in [0.15, 0.2) is 41.3 Å². The largest absolute Gasteiger partial charge is 0.490 e. The molecular formula is C16H16N2O7S. The van der Waals surface area contributed by atoms with Crippen LogP contribution < -0.4 is 18.9 Å². The number of anilines is 1. The van der Waals surface area contributed by atoms with Crippen molar-refractivity contribution in [2.45, 2.75) is 11.3 Å². The van der Waals surface area contributed by atoms with Gasteiger partial charge in [-0.25, -0.2) is 8.42 Å². The molecule has 10 heteroatoms. The molecule has 0 aromatic heterocycles. The normalized spacial score (nSPS) is 13.6. The Morgan fingerprint density at radius 1 is 1.12 bits per heavy atom. The summed E-state index contributed by atoms with van der Waals surface area (Å²) in [5.74, 6) is 0.943. The summed E-state index contributed by atoms with van der Waals surface area (Å²) in [4.78, 5) is 10.1. The van der Waals surface area contributed by atoms with E-state index < -0.39 is 20.6 Å². The van der Waals surface area contributed by atoms with Crippen LogP contribution in [0.1, 0.15) is 6.42 Å². The Hall–Kier alpha value is -3.01. The SMILES string of the molecule is COc1ccc(S(=O)(=O)Nc2ccc3c(c2)OCCCO3)cc1[N+](=O)[O-]. The fourth-order valence-electron chi connectivity index (χ4n) is 2.42. The Balaban J connectivity index is 1.91. The van der Waals surface area contributed by atoms with Gasteiger partial charge in [0.25, 0.3) is 10.0 Å². The van der Waals surface area contributed by atoms with Gasteiger partial charge < -0.3 is 14.2 Å². The number of methoxy groups -OCH3 is 1. The molecule has 0 atom stereocenters. The van der Waals surface area contributed by atoms with E-state index in [4.69, 9.17) is 14.2 Å². The second-order valence-electron chi connectivity index (χ2n) is 5.41. The molecule has 3 rings (SSSR count). The monoisotopic (exact) mass is 380 g/mol. The maximum absolute atomic E-state index is 12.6. The highest BCUT2D eigenvalue weighted by atomic mass is 32.2. The number of nitro benzene ring substituents is 1. The summed E-state index contributed by atoms with van der Waals surface area (Å²) in [5.41, 5.74) is -0.179. The molecule has 1 N–H and O–H groups in total. The van der Waals surface area contributed by atoms with Crippen LogP contribution in [-0.4, -0.2) is 33.7 Å². The zero-order valence-corrected chi connectivity index (χ0v) is 14.6. The number of benzene rings is 2. The molecule has 1 heterocycles. The van der Waals surface area contributed by atoms with E-state index >= 15 is 0 Å². The lowest BCUT2D eigenvalue weighted by Gasteiger charge is -2.12. The van der Waals surface area contributed by atoms with E-state index in [0.29, 0.717) is 24.7 Å². The third-order valence-electron chi connectivity index (χ3n) is 3.66. The van der Waals surface area contributed by atoms with E-state index in [1.165, 1.54) is 31.4 Å². The van der Waals surface area contributed by atoms with Crippen molar-refractivity contribution in [1.29, 1.82) is 0 Å². The van der Waals surface area contributed by atoms with Gasteiger partial charge in [0.2, 0.25) is 0 Å². The maximum atomic E-state index is 12.6. The molecule has 0 spiro atoms. The van der Waals surface area contributed by atoms with Crippen molar-refractivity contribution in [2.75, 3.05) is 25.0 Å². The Kier molecular flexibility index (Phi) is 4.85. The zero-order valence-electron chi connectivity index (χ0n) is 13.8. The number of nitrogens with one attached hydrogen (secondary N) is 1. The van der Waals surface area contributed by atoms with Crippen LogP contribution in [0.25, 0.3) is 0 Å². The predicted octanol–water partition coefficient (Wildman–Crippen LogP) is 2.57. The Bertz CT molecular complexity index is 944. The molecule has 26 heavy (non-hydrogen) atoms. The number of nitrogens with zero attached hydrogens (tertiary/aromatic N) is 1. The molecule has 9 nitrogen and oxygen atoms in total. The van der Waals surface area contributed by atoms with Gasteiger partial charge in [0.1, 0.15) is 0 Å². The van der Waals surface area contributed by atoms with Gasteiger partial charge in [0, 0.05) is 18.6 Å².